The summed E-state index contributed by atoms with van der Waals surface area (Å²) in [6, 6.07) is 0. The zero-order chi connectivity index (χ0) is 14.3. The predicted octanol–water partition coefficient (Wildman–Crippen LogP) is -0.128. The van der Waals surface area contributed by atoms with Gasteiger partial charge in [-0.15, -0.1) is 4.40 Å². The molecule has 0 radical (unpaired) electrons. The summed E-state index contributed by atoms with van der Waals surface area (Å²) in [5.41, 5.74) is 0. The lowest BCUT2D eigenvalue weighted by molar-refractivity contribution is -0.137. The lowest BCUT2D eigenvalue weighted by atomic mass is 10.6. The molecule has 0 bridgehead atoms. The monoisotopic (exact) mass is 277 g/mol. The predicted molar refractivity (Wildman–Crippen MR) is 69.5 cm³/mol. The number of sulfonamides is 1. The normalized spacial score (nSPS) is 12.6. The molecule has 0 N–H and O–H groups in total. The van der Waals surface area contributed by atoms with Crippen molar-refractivity contribution in [1.29, 1.82) is 0 Å². The number of esters is 1. The molecule has 0 aromatic heterocycles. The van der Waals surface area contributed by atoms with Gasteiger partial charge in [-0.05, 0) is 6.92 Å². The Hall–Kier alpha value is -1.57. The number of rotatable bonds is 6. The molecule has 0 spiro atoms. The van der Waals surface area contributed by atoms with Gasteiger partial charge in [0.2, 0.25) is 0 Å². The van der Waals surface area contributed by atoms with Crippen LogP contribution in [-0.4, -0.2) is 65.3 Å². The van der Waals surface area contributed by atoms with E-state index in [2.05, 4.69) is 4.40 Å². The van der Waals surface area contributed by atoms with Gasteiger partial charge in [0, 0.05) is 34.4 Å². The van der Waals surface area contributed by atoms with Crippen molar-refractivity contribution in [2.24, 2.45) is 4.40 Å². The first kappa shape index (κ1) is 16.4. The highest BCUT2D eigenvalue weighted by Gasteiger charge is 2.26. The Morgan fingerprint density at radius 3 is 2.17 bits per heavy atom. The average Bonchev–Trinajstić information content (AvgIpc) is 2.23. The highest BCUT2D eigenvalue weighted by atomic mass is 32.2. The van der Waals surface area contributed by atoms with E-state index < -0.39 is 20.9 Å². The van der Waals surface area contributed by atoms with Crippen molar-refractivity contribution >= 4 is 22.3 Å². The molecule has 0 aromatic rings. The average molecular weight is 277 g/mol. The van der Waals surface area contributed by atoms with Crippen LogP contribution in [0.3, 0.4) is 0 Å². The Morgan fingerprint density at radius 2 is 1.78 bits per heavy atom. The summed E-state index contributed by atoms with van der Waals surface area (Å²) >= 11 is 0. The molecular formula is C10H19N3O4S. The fourth-order valence-electron chi connectivity index (χ4n) is 0.874. The molecule has 104 valence electrons. The maximum atomic E-state index is 11.9. The fourth-order valence-corrected chi connectivity index (χ4v) is 1.91. The molecule has 8 heteroatoms. The molecule has 0 heterocycles. The summed E-state index contributed by atoms with van der Waals surface area (Å²) < 4.78 is 31.8. The van der Waals surface area contributed by atoms with E-state index in [1.165, 1.54) is 16.0 Å². The number of hydrogen-bond acceptors (Lipinski definition) is 5. The van der Waals surface area contributed by atoms with Crippen molar-refractivity contribution in [3.05, 3.63) is 11.1 Å². The smallest absolute Gasteiger partial charge is 0.353 e. The summed E-state index contributed by atoms with van der Waals surface area (Å²) in [6.07, 6.45) is 2.28. The van der Waals surface area contributed by atoms with E-state index >= 15 is 0 Å². The molecule has 0 aliphatic rings. The van der Waals surface area contributed by atoms with E-state index in [4.69, 9.17) is 4.74 Å². The topological polar surface area (TPSA) is 79.3 Å². The van der Waals surface area contributed by atoms with E-state index in [-0.39, 0.29) is 6.61 Å². The van der Waals surface area contributed by atoms with Crippen molar-refractivity contribution in [2.75, 3.05) is 34.8 Å². The van der Waals surface area contributed by atoms with Crippen LogP contribution >= 0.6 is 0 Å². The van der Waals surface area contributed by atoms with Gasteiger partial charge in [0.05, 0.1) is 6.61 Å². The van der Waals surface area contributed by atoms with Crippen LogP contribution in [0, 0.1) is 0 Å². The molecule has 0 fully saturated rings. The van der Waals surface area contributed by atoms with Crippen molar-refractivity contribution in [1.82, 2.24) is 9.80 Å². The van der Waals surface area contributed by atoms with Crippen LogP contribution in [0.25, 0.3) is 0 Å². The van der Waals surface area contributed by atoms with Crippen LogP contribution in [0.1, 0.15) is 6.92 Å². The molecule has 0 aliphatic carbocycles. The highest BCUT2D eigenvalue weighted by Crippen LogP contribution is 2.11. The van der Waals surface area contributed by atoms with Gasteiger partial charge in [-0.1, -0.05) is 0 Å². The van der Waals surface area contributed by atoms with E-state index in [1.807, 2.05) is 0 Å². The summed E-state index contributed by atoms with van der Waals surface area (Å²) in [5, 5.41) is 0. The molecule has 0 amide bonds. The largest absolute Gasteiger partial charge is 0.462 e. The van der Waals surface area contributed by atoms with Gasteiger partial charge < -0.3 is 14.5 Å². The summed E-state index contributed by atoms with van der Waals surface area (Å²) in [4.78, 5) is 14.0. The zero-order valence-corrected chi connectivity index (χ0v) is 12.1. The lowest BCUT2D eigenvalue weighted by Gasteiger charge is -2.10. The fraction of sp³-hybridized carbons (Fsp3) is 0.600. The van der Waals surface area contributed by atoms with Gasteiger partial charge in [0.25, 0.3) is 10.0 Å². The second-order valence-electron chi connectivity index (χ2n) is 3.84. The highest BCUT2D eigenvalue weighted by molar-refractivity contribution is 7.95. The van der Waals surface area contributed by atoms with Crippen molar-refractivity contribution in [2.45, 2.75) is 6.92 Å². The van der Waals surface area contributed by atoms with E-state index in [1.54, 1.807) is 35.1 Å². The van der Waals surface area contributed by atoms with Gasteiger partial charge in [-0.25, -0.2) is 4.79 Å². The molecule has 0 atom stereocenters. The van der Waals surface area contributed by atoms with Crippen LogP contribution in [0.15, 0.2) is 15.5 Å². The van der Waals surface area contributed by atoms with Gasteiger partial charge in [0.1, 0.15) is 6.34 Å². The Bertz CT molecular complexity index is 438. The van der Waals surface area contributed by atoms with Gasteiger partial charge in [-0.3, -0.25) is 0 Å². The Morgan fingerprint density at radius 1 is 1.22 bits per heavy atom. The van der Waals surface area contributed by atoms with E-state index in [9.17, 15) is 13.2 Å². The van der Waals surface area contributed by atoms with Gasteiger partial charge in [0.15, 0.2) is 4.91 Å². The lowest BCUT2D eigenvalue weighted by Crippen LogP contribution is -2.19. The van der Waals surface area contributed by atoms with Crippen LogP contribution in [0.5, 0.6) is 0 Å². The van der Waals surface area contributed by atoms with Crippen molar-refractivity contribution in [3.8, 4) is 0 Å². The summed E-state index contributed by atoms with van der Waals surface area (Å²) in [7, 11) is 2.39. The number of hydrogen-bond donors (Lipinski definition) is 0. The molecule has 0 aliphatic heterocycles. The first-order valence-corrected chi connectivity index (χ1v) is 6.67. The quantitative estimate of drug-likeness (QED) is 0.291. The van der Waals surface area contributed by atoms with Crippen LogP contribution in [-0.2, 0) is 19.6 Å². The minimum absolute atomic E-state index is 0.0938. The zero-order valence-electron chi connectivity index (χ0n) is 11.2. The molecule has 7 nitrogen and oxygen atoms in total. The number of ether oxygens (including phenoxy) is 1. The maximum absolute atomic E-state index is 11.9. The van der Waals surface area contributed by atoms with Crippen LogP contribution in [0.4, 0.5) is 0 Å². The van der Waals surface area contributed by atoms with Crippen molar-refractivity contribution in [3.63, 3.8) is 0 Å². The third kappa shape index (κ3) is 5.67. The van der Waals surface area contributed by atoms with E-state index in [0.29, 0.717) is 0 Å². The molecular weight excluding hydrogens is 258 g/mol. The molecule has 0 saturated carbocycles. The SMILES string of the molecule is CCOC(=O)/C(=C/N(C)C)S(=O)(=O)/N=C/N(C)C. The second kappa shape index (κ2) is 7.00. The van der Waals surface area contributed by atoms with Crippen molar-refractivity contribution < 1.29 is 17.9 Å². The first-order chi connectivity index (χ1) is 8.20. The molecule has 0 rings (SSSR count). The van der Waals surface area contributed by atoms with E-state index in [0.717, 1.165) is 6.34 Å². The van der Waals surface area contributed by atoms with Crippen LogP contribution in [0.2, 0.25) is 0 Å². The third-order valence-electron chi connectivity index (χ3n) is 1.55. The third-order valence-corrected chi connectivity index (χ3v) is 2.75. The Balaban J connectivity index is 5.40. The summed E-state index contributed by atoms with van der Waals surface area (Å²) in [5.74, 6) is -0.915. The number of carbonyl (C=O) groups is 1. The minimum atomic E-state index is -4.06. The number of nitrogens with zero attached hydrogens (tertiary/aromatic N) is 3. The number of carbonyl (C=O) groups excluding carboxylic acids is 1. The Labute approximate surface area is 108 Å². The van der Waals surface area contributed by atoms with Crippen LogP contribution < -0.4 is 0 Å². The summed E-state index contributed by atoms with van der Waals surface area (Å²) in [6.45, 7) is 1.69. The molecule has 0 unspecified atom stereocenters. The van der Waals surface area contributed by atoms with Gasteiger partial charge >= 0.3 is 5.97 Å². The first-order valence-electron chi connectivity index (χ1n) is 5.23. The Kier molecular flexibility index (Phi) is 6.39. The second-order valence-corrected chi connectivity index (χ2v) is 5.44. The minimum Gasteiger partial charge on any atom is -0.462 e. The van der Waals surface area contributed by atoms with Gasteiger partial charge in [-0.2, -0.15) is 8.42 Å². The molecule has 18 heavy (non-hydrogen) atoms. The molecule has 0 aromatic carbocycles. The molecule has 0 saturated heterocycles. The maximum Gasteiger partial charge on any atom is 0.353 e. The standard InChI is InChI=1S/C10H19N3O4S/c1-6-17-10(14)9(7-12(2)3)18(15,16)11-8-13(4)5/h7-8H,6H2,1-5H3/b9-7-,11-8+.